The molecule has 1 fully saturated rings. The number of pyridine rings is 1. The molecule has 0 saturated heterocycles. The summed E-state index contributed by atoms with van der Waals surface area (Å²) in [6.07, 6.45) is -4.84. The van der Waals surface area contributed by atoms with E-state index in [4.69, 9.17) is 4.74 Å². The summed E-state index contributed by atoms with van der Waals surface area (Å²) in [7, 11) is 1.47. The summed E-state index contributed by atoms with van der Waals surface area (Å²) >= 11 is 0. The minimum atomic E-state index is -5.20. The normalized spacial score (nSPS) is 14.4. The molecule has 7 nitrogen and oxygen atoms in total. The second-order valence-corrected chi connectivity index (χ2v) is 8.27. The van der Waals surface area contributed by atoms with Gasteiger partial charge in [0.25, 0.3) is 5.56 Å². The predicted molar refractivity (Wildman–Crippen MR) is 122 cm³/mol. The zero-order valence-corrected chi connectivity index (χ0v) is 18.8. The highest BCUT2D eigenvalue weighted by Gasteiger charge is 2.42. The molecule has 4 rings (SSSR count). The molecule has 1 aliphatic rings. The van der Waals surface area contributed by atoms with Crippen LogP contribution in [0, 0.1) is 17.2 Å². The molecule has 0 spiro atoms. The van der Waals surface area contributed by atoms with E-state index in [0.717, 1.165) is 17.4 Å². The van der Waals surface area contributed by atoms with Crippen molar-refractivity contribution in [2.24, 2.45) is 5.92 Å². The summed E-state index contributed by atoms with van der Waals surface area (Å²) in [5, 5.41) is 13.6. The van der Waals surface area contributed by atoms with Crippen molar-refractivity contribution in [1.82, 2.24) is 9.88 Å². The van der Waals surface area contributed by atoms with Crippen molar-refractivity contribution in [3.63, 3.8) is 0 Å². The van der Waals surface area contributed by atoms with Crippen molar-refractivity contribution in [3.05, 3.63) is 64.6 Å². The van der Waals surface area contributed by atoms with Crippen LogP contribution in [0.4, 0.5) is 13.2 Å². The van der Waals surface area contributed by atoms with Crippen LogP contribution in [0.3, 0.4) is 0 Å². The zero-order valence-electron chi connectivity index (χ0n) is 18.8. The van der Waals surface area contributed by atoms with E-state index in [0.29, 0.717) is 28.8 Å². The van der Waals surface area contributed by atoms with Gasteiger partial charge in [0, 0.05) is 22.9 Å². The number of carbonyl (C=O) groups excluding carboxylic acids is 1. The summed E-state index contributed by atoms with van der Waals surface area (Å²) in [4.78, 5) is 25.0. The number of methoxy groups -OCH3 is 1. The fourth-order valence-corrected chi connectivity index (χ4v) is 3.87. The summed E-state index contributed by atoms with van der Waals surface area (Å²) in [6, 6.07) is 15.6. The molecule has 1 unspecified atom stereocenters. The largest absolute Gasteiger partial charge is 0.497 e. The van der Waals surface area contributed by atoms with Crippen molar-refractivity contribution in [2.45, 2.75) is 31.8 Å². The van der Waals surface area contributed by atoms with Gasteiger partial charge in [-0.3, -0.25) is 14.7 Å². The van der Waals surface area contributed by atoms with Gasteiger partial charge in [-0.25, -0.2) is 4.79 Å². The lowest BCUT2D eigenvalue weighted by molar-refractivity contribution is -0.207. The van der Waals surface area contributed by atoms with Crippen LogP contribution in [0.2, 0.25) is 0 Å². The smallest absolute Gasteiger partial charge is 0.490 e. The Balaban J connectivity index is 1.86. The maximum atomic E-state index is 13.4. The first-order chi connectivity index (χ1) is 16.7. The molecule has 1 heterocycles. The van der Waals surface area contributed by atoms with Crippen molar-refractivity contribution in [1.29, 1.82) is 5.26 Å². The summed E-state index contributed by atoms with van der Waals surface area (Å²) in [6.45, 7) is -0.152. The molecule has 1 N–H and O–H groups in total. The number of nitrogens with zero attached hydrogens (tertiary/aromatic N) is 2. The van der Waals surface area contributed by atoms with E-state index in [1.165, 1.54) is 13.2 Å². The highest BCUT2D eigenvalue weighted by Crippen LogP contribution is 2.33. The van der Waals surface area contributed by atoms with Gasteiger partial charge < -0.3 is 9.47 Å². The second-order valence-electron chi connectivity index (χ2n) is 8.27. The number of carbonyl (C=O) groups is 1. The van der Waals surface area contributed by atoms with Gasteiger partial charge in [-0.05, 0) is 42.5 Å². The molecular formula is C25H22F3N3O4. The van der Waals surface area contributed by atoms with E-state index in [1.807, 2.05) is 6.07 Å². The molecule has 35 heavy (non-hydrogen) atoms. The maximum absolute atomic E-state index is 13.4. The fraction of sp³-hybridized carbons (Fsp3) is 0.320. The molecule has 1 saturated carbocycles. The van der Waals surface area contributed by atoms with Gasteiger partial charge in [0.2, 0.25) is 0 Å². The van der Waals surface area contributed by atoms with E-state index in [1.54, 1.807) is 42.5 Å². The van der Waals surface area contributed by atoms with Crippen LogP contribution in [0.15, 0.2) is 53.3 Å². The van der Waals surface area contributed by atoms with Gasteiger partial charge in [0.15, 0.2) is 6.23 Å². The Morgan fingerprint density at radius 3 is 2.51 bits per heavy atom. The van der Waals surface area contributed by atoms with Gasteiger partial charge in [-0.2, -0.15) is 18.4 Å². The number of hydrogen-bond donors (Lipinski definition) is 1. The molecule has 0 radical (unpaired) electrons. The summed E-state index contributed by atoms with van der Waals surface area (Å²) in [5.41, 5.74) is 0.388. The number of nitrogens with one attached hydrogen (secondary N) is 1. The molecule has 0 bridgehead atoms. The monoisotopic (exact) mass is 485 g/mol. The maximum Gasteiger partial charge on any atom is 0.490 e. The Kier molecular flexibility index (Phi) is 6.80. The Labute approximate surface area is 198 Å². The van der Waals surface area contributed by atoms with Gasteiger partial charge >= 0.3 is 12.1 Å². The molecule has 182 valence electrons. The number of benzene rings is 2. The Hall–Kier alpha value is -3.84. The van der Waals surface area contributed by atoms with Crippen molar-refractivity contribution >= 4 is 16.7 Å². The lowest BCUT2D eigenvalue weighted by Crippen LogP contribution is -2.44. The van der Waals surface area contributed by atoms with Crippen LogP contribution in [0.5, 0.6) is 5.75 Å². The Bertz CT molecular complexity index is 1340. The minimum Gasteiger partial charge on any atom is -0.497 e. The highest BCUT2D eigenvalue weighted by atomic mass is 19.4. The lowest BCUT2D eigenvalue weighted by Gasteiger charge is -2.23. The van der Waals surface area contributed by atoms with Crippen molar-refractivity contribution in [3.8, 4) is 22.9 Å². The molecular weight excluding hydrogens is 463 g/mol. The van der Waals surface area contributed by atoms with E-state index < -0.39 is 30.5 Å². The van der Waals surface area contributed by atoms with Gasteiger partial charge in [-0.15, -0.1) is 0 Å². The molecule has 0 aliphatic heterocycles. The molecule has 1 atom stereocenters. The van der Waals surface area contributed by atoms with Crippen LogP contribution in [0.1, 0.15) is 18.5 Å². The van der Waals surface area contributed by atoms with Crippen molar-refractivity contribution in [2.75, 3.05) is 13.7 Å². The van der Waals surface area contributed by atoms with Gasteiger partial charge in [0.1, 0.15) is 17.5 Å². The second kappa shape index (κ2) is 9.80. The molecule has 1 aromatic heterocycles. The number of alkyl halides is 3. The molecule has 3 aromatic rings. The third-order valence-corrected chi connectivity index (χ3v) is 5.81. The first-order valence-corrected chi connectivity index (χ1v) is 10.9. The highest BCUT2D eigenvalue weighted by molar-refractivity contribution is 5.99. The minimum absolute atomic E-state index is 0.0665. The molecule has 1 aliphatic carbocycles. The topological polar surface area (TPSA) is 93.3 Å². The average Bonchev–Trinajstić information content (AvgIpc) is 3.68. The summed E-state index contributed by atoms with van der Waals surface area (Å²) in [5.74, 6) is -1.64. The lowest BCUT2D eigenvalue weighted by atomic mass is 9.96. The third kappa shape index (κ3) is 5.30. The Morgan fingerprint density at radius 2 is 1.91 bits per heavy atom. The van der Waals surface area contributed by atoms with E-state index in [-0.39, 0.29) is 17.0 Å². The van der Waals surface area contributed by atoms with E-state index in [2.05, 4.69) is 10.1 Å². The van der Waals surface area contributed by atoms with Crippen molar-refractivity contribution < 1.29 is 27.4 Å². The molecule has 0 amide bonds. The first-order valence-electron chi connectivity index (χ1n) is 10.9. The standard InChI is InChI=1S/C25H22F3N3O4/c1-34-17-9-10-18-19(11-17)22(16-5-3-2-4-6-16)20(12-29)31(23(18)32)14-21(30-13-15-7-8-15)35-24(33)25(26,27)28/h2-6,9-11,15,21,30H,7-8,13-14H2,1H3. The predicted octanol–water partition coefficient (Wildman–Crippen LogP) is 3.98. The first kappa shape index (κ1) is 24.3. The van der Waals surface area contributed by atoms with Gasteiger partial charge in [0.05, 0.1) is 13.7 Å². The zero-order chi connectivity index (χ0) is 25.2. The van der Waals surface area contributed by atoms with Crippen LogP contribution >= 0.6 is 0 Å². The number of halogens is 3. The average molecular weight is 485 g/mol. The number of nitriles is 1. The quantitative estimate of drug-likeness (QED) is 0.383. The van der Waals surface area contributed by atoms with E-state index >= 15 is 0 Å². The number of fused-ring (bicyclic) bond motifs is 1. The van der Waals surface area contributed by atoms with Crippen LogP contribution < -0.4 is 15.6 Å². The van der Waals surface area contributed by atoms with Crippen LogP contribution in [-0.4, -0.2) is 36.6 Å². The number of hydrogen-bond acceptors (Lipinski definition) is 6. The summed E-state index contributed by atoms with van der Waals surface area (Å²) < 4.78 is 49.8. The number of ether oxygens (including phenoxy) is 2. The van der Waals surface area contributed by atoms with Crippen LogP contribution in [0.25, 0.3) is 21.9 Å². The Morgan fingerprint density at radius 1 is 1.20 bits per heavy atom. The van der Waals surface area contributed by atoms with E-state index in [9.17, 15) is 28.0 Å². The fourth-order valence-electron chi connectivity index (χ4n) is 3.87. The van der Waals surface area contributed by atoms with Crippen LogP contribution in [-0.2, 0) is 16.1 Å². The number of esters is 1. The third-order valence-electron chi connectivity index (χ3n) is 5.81. The number of aromatic nitrogens is 1. The SMILES string of the molecule is COc1ccc2c(=O)n(CC(NCC3CC3)OC(=O)C(F)(F)F)c(C#N)c(-c3ccccc3)c2c1. The van der Waals surface area contributed by atoms with Gasteiger partial charge in [-0.1, -0.05) is 30.3 Å². The molecule has 10 heteroatoms. The molecule has 2 aromatic carbocycles. The number of rotatable bonds is 8.